The highest BCUT2D eigenvalue weighted by Gasteiger charge is 2.28. The van der Waals surface area contributed by atoms with Crippen molar-refractivity contribution >= 4 is 37.6 Å². The summed E-state index contributed by atoms with van der Waals surface area (Å²) in [6.07, 6.45) is 0. The average Bonchev–Trinajstić information content (AvgIpc) is 2.68. The second-order valence-electron chi connectivity index (χ2n) is 6.06. The standard InChI is InChI=1S/C19H17BrFN3O4S/c20-16-7-6-15(21)10-14(16)11-29(27,28)12-17(19(26)23-9-8-22)24-18(25)13-4-2-1-3-5-13/h1-7,10,17H,9,11-12H2,(H,23,26)(H,24,25)/t17-/m0/s1. The van der Waals surface area contributed by atoms with E-state index in [1.807, 2.05) is 0 Å². The summed E-state index contributed by atoms with van der Waals surface area (Å²) in [5.41, 5.74) is 0.437. The third kappa shape index (κ3) is 6.96. The Hall–Kier alpha value is -2.77. The van der Waals surface area contributed by atoms with Crippen LogP contribution in [-0.4, -0.2) is 38.6 Å². The number of carbonyl (C=O) groups is 2. The molecule has 0 saturated carbocycles. The molecule has 0 aromatic heterocycles. The van der Waals surface area contributed by atoms with E-state index in [9.17, 15) is 22.4 Å². The topological polar surface area (TPSA) is 116 Å². The largest absolute Gasteiger partial charge is 0.341 e. The average molecular weight is 482 g/mol. The summed E-state index contributed by atoms with van der Waals surface area (Å²) < 4.78 is 39.1. The lowest BCUT2D eigenvalue weighted by Crippen LogP contribution is -2.50. The zero-order valence-electron chi connectivity index (χ0n) is 15.1. The van der Waals surface area contributed by atoms with E-state index in [2.05, 4.69) is 26.6 Å². The Morgan fingerprint density at radius 2 is 1.86 bits per heavy atom. The van der Waals surface area contributed by atoms with Crippen LogP contribution in [0.2, 0.25) is 0 Å². The number of hydrogen-bond acceptors (Lipinski definition) is 5. The van der Waals surface area contributed by atoms with Crippen LogP contribution in [0.15, 0.2) is 53.0 Å². The Labute approximate surface area is 176 Å². The molecule has 2 aromatic rings. The molecule has 0 aliphatic carbocycles. The zero-order valence-corrected chi connectivity index (χ0v) is 17.5. The van der Waals surface area contributed by atoms with Gasteiger partial charge in [0.05, 0.1) is 17.6 Å². The predicted molar refractivity (Wildman–Crippen MR) is 108 cm³/mol. The van der Waals surface area contributed by atoms with E-state index in [0.29, 0.717) is 4.47 Å². The van der Waals surface area contributed by atoms with Gasteiger partial charge in [0.1, 0.15) is 18.4 Å². The van der Waals surface area contributed by atoms with Crippen LogP contribution >= 0.6 is 15.9 Å². The molecule has 2 aromatic carbocycles. The number of rotatable bonds is 8. The lowest BCUT2D eigenvalue weighted by molar-refractivity contribution is -0.122. The van der Waals surface area contributed by atoms with Gasteiger partial charge in [-0.3, -0.25) is 9.59 Å². The molecule has 1 atom stereocenters. The van der Waals surface area contributed by atoms with Crippen LogP contribution in [0.5, 0.6) is 0 Å². The van der Waals surface area contributed by atoms with Crippen LogP contribution in [0.1, 0.15) is 15.9 Å². The number of nitrogens with zero attached hydrogens (tertiary/aromatic N) is 1. The van der Waals surface area contributed by atoms with Crippen molar-refractivity contribution in [2.45, 2.75) is 11.8 Å². The molecule has 2 amide bonds. The number of sulfone groups is 1. The predicted octanol–water partition coefficient (Wildman–Crippen LogP) is 1.94. The molecule has 0 bridgehead atoms. The van der Waals surface area contributed by atoms with Gasteiger partial charge in [0, 0.05) is 10.0 Å². The van der Waals surface area contributed by atoms with Gasteiger partial charge in [-0.2, -0.15) is 5.26 Å². The van der Waals surface area contributed by atoms with Crippen LogP contribution in [-0.2, 0) is 20.4 Å². The Morgan fingerprint density at radius 1 is 1.17 bits per heavy atom. The SMILES string of the molecule is N#CCNC(=O)[C@H](CS(=O)(=O)Cc1cc(F)ccc1Br)NC(=O)c1ccccc1. The number of nitrogens with one attached hydrogen (secondary N) is 2. The summed E-state index contributed by atoms with van der Waals surface area (Å²) in [5.74, 6) is -3.29. The summed E-state index contributed by atoms with van der Waals surface area (Å²) in [5, 5.41) is 13.3. The van der Waals surface area contributed by atoms with Crippen molar-refractivity contribution in [1.82, 2.24) is 10.6 Å². The van der Waals surface area contributed by atoms with Crippen molar-refractivity contribution in [3.05, 3.63) is 69.9 Å². The summed E-state index contributed by atoms with van der Waals surface area (Å²) in [6, 6.07) is 11.9. The van der Waals surface area contributed by atoms with Crippen molar-refractivity contribution < 1.29 is 22.4 Å². The Bertz CT molecular complexity index is 1040. The van der Waals surface area contributed by atoms with E-state index in [1.54, 1.807) is 24.3 Å². The van der Waals surface area contributed by atoms with Crippen LogP contribution in [0.25, 0.3) is 0 Å². The van der Waals surface area contributed by atoms with E-state index in [-0.39, 0.29) is 17.7 Å². The maximum Gasteiger partial charge on any atom is 0.251 e. The lowest BCUT2D eigenvalue weighted by atomic mass is 10.2. The van der Waals surface area contributed by atoms with Crippen LogP contribution in [0.4, 0.5) is 4.39 Å². The molecule has 2 N–H and O–H groups in total. The highest BCUT2D eigenvalue weighted by Crippen LogP contribution is 2.21. The molecule has 152 valence electrons. The van der Waals surface area contributed by atoms with Gasteiger partial charge in [-0.05, 0) is 35.9 Å². The van der Waals surface area contributed by atoms with Gasteiger partial charge in [-0.1, -0.05) is 34.1 Å². The molecule has 0 aliphatic heterocycles. The molecule has 0 radical (unpaired) electrons. The third-order valence-corrected chi connectivity index (χ3v) is 6.17. The molecule has 2 rings (SSSR count). The van der Waals surface area contributed by atoms with E-state index >= 15 is 0 Å². The van der Waals surface area contributed by atoms with Crippen molar-refractivity contribution in [2.24, 2.45) is 0 Å². The first-order valence-electron chi connectivity index (χ1n) is 8.37. The number of carbonyl (C=O) groups excluding carboxylic acids is 2. The maximum absolute atomic E-state index is 13.4. The quantitative estimate of drug-likeness (QED) is 0.558. The second-order valence-corrected chi connectivity index (χ2v) is 9.02. The minimum Gasteiger partial charge on any atom is -0.341 e. The summed E-state index contributed by atoms with van der Waals surface area (Å²) in [6.45, 7) is -0.341. The normalized spacial score (nSPS) is 11.9. The van der Waals surface area contributed by atoms with Crippen molar-refractivity contribution in [1.29, 1.82) is 5.26 Å². The first-order chi connectivity index (χ1) is 13.7. The first kappa shape index (κ1) is 22.5. The maximum atomic E-state index is 13.4. The molecular formula is C19H17BrFN3O4S. The van der Waals surface area contributed by atoms with E-state index < -0.39 is 45.0 Å². The third-order valence-electron chi connectivity index (χ3n) is 3.80. The molecular weight excluding hydrogens is 465 g/mol. The molecule has 0 aliphatic rings. The fourth-order valence-electron chi connectivity index (χ4n) is 2.47. The highest BCUT2D eigenvalue weighted by molar-refractivity contribution is 9.10. The number of hydrogen-bond donors (Lipinski definition) is 2. The van der Waals surface area contributed by atoms with E-state index in [0.717, 1.165) is 6.07 Å². The van der Waals surface area contributed by atoms with Crippen LogP contribution in [0, 0.1) is 17.1 Å². The summed E-state index contributed by atoms with van der Waals surface area (Å²) in [7, 11) is -3.93. The number of amides is 2. The molecule has 0 fully saturated rings. The Balaban J connectivity index is 2.21. The molecule has 0 heterocycles. The van der Waals surface area contributed by atoms with Gasteiger partial charge in [0.25, 0.3) is 5.91 Å². The minimum absolute atomic E-state index is 0.190. The van der Waals surface area contributed by atoms with Gasteiger partial charge < -0.3 is 10.6 Å². The van der Waals surface area contributed by atoms with Crippen molar-refractivity contribution in [3.8, 4) is 6.07 Å². The first-order valence-corrected chi connectivity index (χ1v) is 11.0. The van der Waals surface area contributed by atoms with E-state index in [1.165, 1.54) is 24.3 Å². The fourth-order valence-corrected chi connectivity index (χ4v) is 4.61. The van der Waals surface area contributed by atoms with E-state index in [4.69, 9.17) is 5.26 Å². The van der Waals surface area contributed by atoms with Crippen LogP contribution < -0.4 is 10.6 Å². The molecule has 0 saturated heterocycles. The minimum atomic E-state index is -3.93. The number of halogens is 2. The monoisotopic (exact) mass is 481 g/mol. The van der Waals surface area contributed by atoms with Gasteiger partial charge in [-0.25, -0.2) is 12.8 Å². The number of benzene rings is 2. The molecule has 0 unspecified atom stereocenters. The lowest BCUT2D eigenvalue weighted by Gasteiger charge is -2.18. The zero-order chi connectivity index (χ0) is 21.4. The second kappa shape index (κ2) is 10.1. The van der Waals surface area contributed by atoms with Gasteiger partial charge in [0.2, 0.25) is 5.91 Å². The summed E-state index contributed by atoms with van der Waals surface area (Å²) in [4.78, 5) is 24.7. The highest BCUT2D eigenvalue weighted by atomic mass is 79.9. The van der Waals surface area contributed by atoms with Crippen molar-refractivity contribution in [2.75, 3.05) is 12.3 Å². The molecule has 29 heavy (non-hydrogen) atoms. The van der Waals surface area contributed by atoms with Gasteiger partial charge in [-0.15, -0.1) is 0 Å². The van der Waals surface area contributed by atoms with Gasteiger partial charge >= 0.3 is 0 Å². The molecule has 0 spiro atoms. The van der Waals surface area contributed by atoms with Crippen molar-refractivity contribution in [3.63, 3.8) is 0 Å². The molecule has 7 nitrogen and oxygen atoms in total. The Kier molecular flexibility index (Phi) is 7.87. The summed E-state index contributed by atoms with van der Waals surface area (Å²) >= 11 is 3.17. The van der Waals surface area contributed by atoms with Crippen LogP contribution in [0.3, 0.4) is 0 Å². The molecule has 10 heteroatoms. The van der Waals surface area contributed by atoms with Gasteiger partial charge in [0.15, 0.2) is 9.84 Å². The fraction of sp³-hybridized carbons (Fsp3) is 0.211. The number of nitriles is 1. The smallest absolute Gasteiger partial charge is 0.251 e. The Morgan fingerprint density at radius 3 is 2.52 bits per heavy atom.